The SMILES string of the molecule is CCc1ccc(C(=Cc2ccc(N(c3ccc(COC(C)=O)cc3)c3ccc(COC(C)=O)cc3)cc2)c2ccc(C)cc2)cc1. The first-order valence-electron chi connectivity index (χ1n) is 15.5. The molecule has 0 unspecified atom stereocenters. The maximum atomic E-state index is 11.3. The molecule has 0 aliphatic carbocycles. The molecule has 0 saturated heterocycles. The van der Waals surface area contributed by atoms with Crippen LogP contribution >= 0.6 is 0 Å². The predicted octanol–water partition coefficient (Wildman–Crippen LogP) is 9.74. The van der Waals surface area contributed by atoms with Gasteiger partial charge >= 0.3 is 11.9 Å². The van der Waals surface area contributed by atoms with Crippen molar-refractivity contribution in [1.29, 1.82) is 0 Å². The van der Waals surface area contributed by atoms with Crippen molar-refractivity contribution in [3.05, 3.63) is 160 Å². The summed E-state index contributed by atoms with van der Waals surface area (Å²) in [7, 11) is 0. The number of carbonyl (C=O) groups is 2. The van der Waals surface area contributed by atoms with Gasteiger partial charge in [-0.2, -0.15) is 0 Å². The summed E-state index contributed by atoms with van der Waals surface area (Å²) >= 11 is 0. The van der Waals surface area contributed by atoms with Crippen LogP contribution in [0.5, 0.6) is 0 Å². The molecule has 0 bridgehead atoms. The van der Waals surface area contributed by atoms with Crippen molar-refractivity contribution in [1.82, 2.24) is 0 Å². The fourth-order valence-electron chi connectivity index (χ4n) is 5.17. The monoisotopic (exact) mass is 609 g/mol. The van der Waals surface area contributed by atoms with Crippen molar-refractivity contribution in [2.75, 3.05) is 4.90 Å². The van der Waals surface area contributed by atoms with E-state index in [0.29, 0.717) is 0 Å². The predicted molar refractivity (Wildman–Crippen MR) is 186 cm³/mol. The smallest absolute Gasteiger partial charge is 0.302 e. The van der Waals surface area contributed by atoms with Crippen LogP contribution in [0.2, 0.25) is 0 Å². The van der Waals surface area contributed by atoms with Gasteiger partial charge in [0.25, 0.3) is 0 Å². The van der Waals surface area contributed by atoms with Gasteiger partial charge in [0.2, 0.25) is 0 Å². The number of carbonyl (C=O) groups excluding carboxylic acids is 2. The Bertz CT molecular complexity index is 1720. The second-order valence-electron chi connectivity index (χ2n) is 11.3. The van der Waals surface area contributed by atoms with Gasteiger partial charge in [-0.15, -0.1) is 0 Å². The molecule has 5 nitrogen and oxygen atoms in total. The maximum Gasteiger partial charge on any atom is 0.302 e. The van der Waals surface area contributed by atoms with Crippen LogP contribution in [0.3, 0.4) is 0 Å². The van der Waals surface area contributed by atoms with Crippen molar-refractivity contribution in [2.24, 2.45) is 0 Å². The Balaban J connectivity index is 1.50. The minimum atomic E-state index is -0.308. The largest absolute Gasteiger partial charge is 0.461 e. The molecule has 0 fully saturated rings. The van der Waals surface area contributed by atoms with E-state index in [1.807, 2.05) is 48.5 Å². The van der Waals surface area contributed by atoms with Crippen molar-refractivity contribution in [2.45, 2.75) is 47.3 Å². The lowest BCUT2D eigenvalue weighted by atomic mass is 9.94. The van der Waals surface area contributed by atoms with E-state index in [4.69, 9.17) is 9.47 Å². The van der Waals surface area contributed by atoms with Crippen LogP contribution < -0.4 is 4.90 Å². The van der Waals surface area contributed by atoms with E-state index < -0.39 is 0 Å². The van der Waals surface area contributed by atoms with Gasteiger partial charge < -0.3 is 14.4 Å². The molecule has 0 atom stereocenters. The maximum absolute atomic E-state index is 11.3. The lowest BCUT2D eigenvalue weighted by Gasteiger charge is -2.26. The Morgan fingerprint density at radius 2 is 0.957 bits per heavy atom. The summed E-state index contributed by atoms with van der Waals surface area (Å²) in [6, 6.07) is 42.0. The number of nitrogens with zero attached hydrogens (tertiary/aromatic N) is 1. The zero-order chi connectivity index (χ0) is 32.5. The van der Waals surface area contributed by atoms with Crippen LogP contribution in [0.15, 0.2) is 121 Å². The summed E-state index contributed by atoms with van der Waals surface area (Å²) in [5.41, 5.74) is 11.9. The third kappa shape index (κ3) is 8.39. The Morgan fingerprint density at radius 1 is 0.565 bits per heavy atom. The Labute approximate surface area is 271 Å². The number of anilines is 3. The highest BCUT2D eigenvalue weighted by Crippen LogP contribution is 2.36. The number of hydrogen-bond donors (Lipinski definition) is 0. The van der Waals surface area contributed by atoms with Crippen LogP contribution in [-0.2, 0) is 38.7 Å². The van der Waals surface area contributed by atoms with Gasteiger partial charge in [0.05, 0.1) is 0 Å². The second kappa shape index (κ2) is 15.0. The highest BCUT2D eigenvalue weighted by Gasteiger charge is 2.14. The fourth-order valence-corrected chi connectivity index (χ4v) is 5.17. The molecule has 0 radical (unpaired) electrons. The van der Waals surface area contributed by atoms with Gasteiger partial charge in [0.15, 0.2) is 0 Å². The molecule has 5 aromatic carbocycles. The highest BCUT2D eigenvalue weighted by molar-refractivity contribution is 5.92. The van der Waals surface area contributed by atoms with Crippen molar-refractivity contribution in [3.8, 4) is 0 Å². The molecule has 0 aromatic heterocycles. The average molecular weight is 610 g/mol. The van der Waals surface area contributed by atoms with Crippen LogP contribution in [0.4, 0.5) is 17.1 Å². The van der Waals surface area contributed by atoms with Crippen molar-refractivity contribution < 1.29 is 19.1 Å². The zero-order valence-corrected chi connectivity index (χ0v) is 26.8. The summed E-state index contributed by atoms with van der Waals surface area (Å²) < 4.78 is 10.4. The number of benzene rings is 5. The van der Waals surface area contributed by atoms with Crippen LogP contribution in [0, 0.1) is 6.92 Å². The van der Waals surface area contributed by atoms with Gasteiger partial charge in [0.1, 0.15) is 13.2 Å². The third-order valence-electron chi connectivity index (χ3n) is 7.77. The van der Waals surface area contributed by atoms with E-state index in [-0.39, 0.29) is 25.2 Å². The van der Waals surface area contributed by atoms with Crippen molar-refractivity contribution >= 4 is 40.6 Å². The first-order chi connectivity index (χ1) is 22.3. The minimum Gasteiger partial charge on any atom is -0.461 e. The molecule has 232 valence electrons. The van der Waals surface area contributed by atoms with E-state index in [1.165, 1.54) is 41.7 Å². The van der Waals surface area contributed by atoms with Gasteiger partial charge in [-0.3, -0.25) is 9.59 Å². The number of hydrogen-bond acceptors (Lipinski definition) is 5. The van der Waals surface area contributed by atoms with E-state index in [0.717, 1.165) is 40.2 Å². The molecule has 5 rings (SSSR count). The topological polar surface area (TPSA) is 55.8 Å². The second-order valence-corrected chi connectivity index (χ2v) is 11.3. The molecule has 0 N–H and O–H groups in total. The molecule has 0 spiro atoms. The molecule has 46 heavy (non-hydrogen) atoms. The lowest BCUT2D eigenvalue weighted by molar-refractivity contribution is -0.143. The molecule has 0 heterocycles. The first-order valence-corrected chi connectivity index (χ1v) is 15.5. The summed E-state index contributed by atoms with van der Waals surface area (Å²) in [5, 5.41) is 0. The number of rotatable bonds is 11. The zero-order valence-electron chi connectivity index (χ0n) is 26.8. The summed E-state index contributed by atoms with van der Waals surface area (Å²) in [6.45, 7) is 7.55. The highest BCUT2D eigenvalue weighted by atomic mass is 16.5. The summed E-state index contributed by atoms with van der Waals surface area (Å²) in [5.74, 6) is -0.616. The molecule has 0 amide bonds. The van der Waals surface area contributed by atoms with Gasteiger partial charge in [-0.25, -0.2) is 0 Å². The molecular weight excluding hydrogens is 570 g/mol. The quantitative estimate of drug-likeness (QED) is 0.110. The van der Waals surface area contributed by atoms with Crippen LogP contribution in [0.1, 0.15) is 59.7 Å². The summed E-state index contributed by atoms with van der Waals surface area (Å²) in [6.07, 6.45) is 3.25. The van der Waals surface area contributed by atoms with E-state index >= 15 is 0 Å². The third-order valence-corrected chi connectivity index (χ3v) is 7.77. The molecule has 0 saturated carbocycles. The number of esters is 2. The Morgan fingerprint density at radius 3 is 1.37 bits per heavy atom. The van der Waals surface area contributed by atoms with E-state index in [1.54, 1.807) is 0 Å². The molecule has 5 heteroatoms. The first kappa shape index (κ1) is 32.0. The molecular formula is C41H39NO4. The number of ether oxygens (including phenoxy) is 2. The van der Waals surface area contributed by atoms with E-state index in [9.17, 15) is 9.59 Å². The van der Waals surface area contributed by atoms with Crippen molar-refractivity contribution in [3.63, 3.8) is 0 Å². The van der Waals surface area contributed by atoms with E-state index in [2.05, 4.69) is 97.6 Å². The Hall–Kier alpha value is -5.42. The molecule has 0 aliphatic heterocycles. The standard InChI is InChI=1S/C41H39NO4/c1-5-32-8-18-37(19-9-32)41(36-16-6-29(2)7-17-36)26-33-10-20-38(21-11-33)42(39-22-12-34(13-23-39)27-45-30(3)43)40-24-14-35(15-25-40)28-46-31(4)44/h6-26H,5,27-28H2,1-4H3. The average Bonchev–Trinajstić information content (AvgIpc) is 3.08. The molecule has 0 aliphatic rings. The minimum absolute atomic E-state index is 0.228. The van der Waals surface area contributed by atoms with Gasteiger partial charge in [0, 0.05) is 30.9 Å². The molecule has 5 aromatic rings. The van der Waals surface area contributed by atoms with Gasteiger partial charge in [-0.05, 0) is 94.8 Å². The van der Waals surface area contributed by atoms with Crippen LogP contribution in [-0.4, -0.2) is 11.9 Å². The normalized spacial score (nSPS) is 11.2. The number of aryl methyl sites for hydroxylation is 2. The Kier molecular flexibility index (Phi) is 10.5. The fraction of sp³-hybridized carbons (Fsp3) is 0.171. The van der Waals surface area contributed by atoms with Crippen LogP contribution in [0.25, 0.3) is 11.6 Å². The summed E-state index contributed by atoms with van der Waals surface area (Å²) in [4.78, 5) is 24.8. The lowest BCUT2D eigenvalue weighted by Crippen LogP contribution is -2.10. The van der Waals surface area contributed by atoms with Gasteiger partial charge in [-0.1, -0.05) is 97.4 Å².